The topological polar surface area (TPSA) is 85.6 Å². The third-order valence-corrected chi connectivity index (χ3v) is 6.19. The van der Waals surface area contributed by atoms with E-state index in [-0.39, 0.29) is 18.1 Å². The molecule has 1 amide bonds. The zero-order chi connectivity index (χ0) is 21.7. The van der Waals surface area contributed by atoms with Crippen molar-refractivity contribution in [1.82, 2.24) is 30.0 Å². The molecular weight excluding hydrogens is 403 g/mol. The molecule has 0 spiro atoms. The van der Waals surface area contributed by atoms with Crippen molar-refractivity contribution in [3.8, 4) is 0 Å². The first-order valence-corrected chi connectivity index (χ1v) is 10.7. The second kappa shape index (κ2) is 9.80. The number of methoxy groups -OCH3 is 1. The van der Waals surface area contributed by atoms with E-state index in [2.05, 4.69) is 20.4 Å². The predicted octanol–water partition coefficient (Wildman–Crippen LogP) is 0.851. The zero-order valence-corrected chi connectivity index (χ0v) is 17.9. The number of hydrogen-bond donors (Lipinski definition) is 0. The fourth-order valence-electron chi connectivity index (χ4n) is 4.61. The van der Waals surface area contributed by atoms with Crippen LogP contribution in [-0.2, 0) is 32.8 Å². The number of carbonyl (C=O) groups excluding carboxylic acids is 1. The van der Waals surface area contributed by atoms with Crippen LogP contribution in [0.1, 0.15) is 24.2 Å². The van der Waals surface area contributed by atoms with Crippen LogP contribution in [0.3, 0.4) is 0 Å². The van der Waals surface area contributed by atoms with Crippen molar-refractivity contribution in [3.05, 3.63) is 41.5 Å². The molecule has 2 fully saturated rings. The summed E-state index contributed by atoms with van der Waals surface area (Å²) in [6.07, 6.45) is 1.70. The number of nitrogens with zero attached hydrogens (tertiary/aromatic N) is 6. The molecule has 1 unspecified atom stereocenters. The molecule has 2 aliphatic rings. The van der Waals surface area contributed by atoms with Gasteiger partial charge in [0.15, 0.2) is 5.82 Å². The van der Waals surface area contributed by atoms with Gasteiger partial charge in [-0.3, -0.25) is 9.69 Å². The monoisotopic (exact) mass is 432 g/mol. The van der Waals surface area contributed by atoms with Crippen molar-refractivity contribution < 1.29 is 18.7 Å². The highest BCUT2D eigenvalue weighted by Gasteiger charge is 2.47. The minimum Gasteiger partial charge on any atom is -0.383 e. The smallest absolute Gasteiger partial charge is 0.227 e. The van der Waals surface area contributed by atoms with Crippen LogP contribution < -0.4 is 0 Å². The Morgan fingerprint density at radius 1 is 1.26 bits per heavy atom. The van der Waals surface area contributed by atoms with Crippen molar-refractivity contribution in [2.75, 3.05) is 53.1 Å². The van der Waals surface area contributed by atoms with Crippen LogP contribution in [-0.4, -0.2) is 89.0 Å². The van der Waals surface area contributed by atoms with Crippen molar-refractivity contribution in [2.24, 2.45) is 0 Å². The number of likely N-dealkylation sites (tertiary alicyclic amines) is 1. The first-order valence-electron chi connectivity index (χ1n) is 10.7. The van der Waals surface area contributed by atoms with Crippen molar-refractivity contribution in [2.45, 2.75) is 31.3 Å². The number of morpholine rings is 1. The van der Waals surface area contributed by atoms with E-state index in [1.54, 1.807) is 30.0 Å². The highest BCUT2D eigenvalue weighted by molar-refractivity contribution is 5.79. The number of rotatable bonds is 7. The summed E-state index contributed by atoms with van der Waals surface area (Å²) >= 11 is 0. The molecule has 31 heavy (non-hydrogen) atoms. The molecule has 2 saturated heterocycles. The number of halogens is 1. The number of aromatic nitrogens is 4. The maximum atomic E-state index is 14.1. The Balaban J connectivity index is 1.61. The molecule has 0 N–H and O–H groups in total. The van der Waals surface area contributed by atoms with Gasteiger partial charge in [0.25, 0.3) is 0 Å². The summed E-state index contributed by atoms with van der Waals surface area (Å²) in [4.78, 5) is 17.3. The Hall–Kier alpha value is -2.43. The predicted molar refractivity (Wildman–Crippen MR) is 110 cm³/mol. The summed E-state index contributed by atoms with van der Waals surface area (Å²) in [5, 5.41) is 12.5. The molecule has 4 rings (SSSR count). The van der Waals surface area contributed by atoms with Gasteiger partial charge in [-0.25, -0.2) is 9.07 Å². The number of tetrazole rings is 1. The van der Waals surface area contributed by atoms with Crippen LogP contribution in [0.5, 0.6) is 0 Å². The van der Waals surface area contributed by atoms with E-state index in [9.17, 15) is 9.18 Å². The molecule has 0 aliphatic carbocycles. The number of carbonyl (C=O) groups is 1. The molecule has 0 bridgehead atoms. The first kappa shape index (κ1) is 21.8. The minimum atomic E-state index is -0.510. The summed E-state index contributed by atoms with van der Waals surface area (Å²) in [5.74, 6) is 0.309. The third-order valence-electron chi connectivity index (χ3n) is 6.19. The van der Waals surface area contributed by atoms with E-state index in [1.807, 2.05) is 4.90 Å². The van der Waals surface area contributed by atoms with Crippen LogP contribution in [0.2, 0.25) is 0 Å². The Bertz CT molecular complexity index is 888. The molecule has 2 aliphatic heterocycles. The van der Waals surface area contributed by atoms with Crippen molar-refractivity contribution in [1.29, 1.82) is 0 Å². The average molecular weight is 433 g/mol. The highest BCUT2D eigenvalue weighted by Crippen LogP contribution is 2.37. The lowest BCUT2D eigenvalue weighted by Crippen LogP contribution is -2.61. The van der Waals surface area contributed by atoms with Crippen LogP contribution in [0.25, 0.3) is 0 Å². The van der Waals surface area contributed by atoms with Gasteiger partial charge in [0.1, 0.15) is 11.4 Å². The molecular formula is C21H29FN6O3. The van der Waals surface area contributed by atoms with Crippen LogP contribution in [0.4, 0.5) is 4.39 Å². The molecule has 3 heterocycles. The SMILES string of the molecule is COCCn1nnnc1C1(N2CCOCC2)CCCN(C(=O)Cc2ccccc2F)C1. The standard InChI is InChI=1S/C21H29FN6O3/c1-30-12-11-28-20(23-24-25-28)21(27-9-13-31-14-10-27)7-4-8-26(16-21)19(29)15-17-5-2-3-6-18(17)22/h2-3,5-6H,4,7-16H2,1H3. The maximum absolute atomic E-state index is 14.1. The molecule has 1 aromatic carbocycles. The summed E-state index contributed by atoms with van der Waals surface area (Å²) in [7, 11) is 1.64. The van der Waals surface area contributed by atoms with Crippen LogP contribution >= 0.6 is 0 Å². The summed E-state index contributed by atoms with van der Waals surface area (Å²) in [6.45, 7) is 4.88. The van der Waals surface area contributed by atoms with Gasteiger partial charge in [-0.05, 0) is 34.9 Å². The Morgan fingerprint density at radius 2 is 2.06 bits per heavy atom. The summed E-state index contributed by atoms with van der Waals surface area (Å²) in [5.41, 5.74) is -0.0931. The number of amides is 1. The number of ether oxygens (including phenoxy) is 2. The van der Waals surface area contributed by atoms with Gasteiger partial charge in [-0.1, -0.05) is 18.2 Å². The second-order valence-electron chi connectivity index (χ2n) is 8.04. The van der Waals surface area contributed by atoms with E-state index in [0.717, 1.165) is 31.8 Å². The van der Waals surface area contributed by atoms with E-state index < -0.39 is 5.54 Å². The molecule has 1 atom stereocenters. The fraction of sp³-hybridized carbons (Fsp3) is 0.619. The number of benzene rings is 1. The largest absolute Gasteiger partial charge is 0.383 e. The quantitative estimate of drug-likeness (QED) is 0.641. The lowest BCUT2D eigenvalue weighted by Gasteiger charge is -2.49. The van der Waals surface area contributed by atoms with Crippen LogP contribution in [0.15, 0.2) is 24.3 Å². The molecule has 168 valence electrons. The number of piperidine rings is 1. The Labute approximate surface area is 181 Å². The normalized spacial score (nSPS) is 22.6. The highest BCUT2D eigenvalue weighted by atomic mass is 19.1. The Morgan fingerprint density at radius 3 is 2.84 bits per heavy atom. The van der Waals surface area contributed by atoms with Gasteiger partial charge < -0.3 is 14.4 Å². The molecule has 0 saturated carbocycles. The van der Waals surface area contributed by atoms with Crippen LogP contribution in [0, 0.1) is 5.82 Å². The minimum absolute atomic E-state index is 0.0421. The van der Waals surface area contributed by atoms with E-state index in [4.69, 9.17) is 9.47 Å². The lowest BCUT2D eigenvalue weighted by atomic mass is 9.85. The van der Waals surface area contributed by atoms with Gasteiger partial charge in [-0.15, -0.1) is 5.10 Å². The summed E-state index contributed by atoms with van der Waals surface area (Å²) < 4.78 is 26.7. The summed E-state index contributed by atoms with van der Waals surface area (Å²) in [6, 6.07) is 6.44. The molecule has 9 nitrogen and oxygen atoms in total. The second-order valence-corrected chi connectivity index (χ2v) is 8.04. The van der Waals surface area contributed by atoms with Crippen molar-refractivity contribution in [3.63, 3.8) is 0 Å². The van der Waals surface area contributed by atoms with Gasteiger partial charge in [-0.2, -0.15) is 0 Å². The Kier molecular flexibility index (Phi) is 6.89. The average Bonchev–Trinajstić information content (AvgIpc) is 3.29. The van der Waals surface area contributed by atoms with Gasteiger partial charge in [0.05, 0.1) is 32.8 Å². The number of hydrogen-bond acceptors (Lipinski definition) is 7. The lowest BCUT2D eigenvalue weighted by molar-refractivity contribution is -0.137. The first-order chi connectivity index (χ1) is 15.1. The fourth-order valence-corrected chi connectivity index (χ4v) is 4.61. The molecule has 10 heteroatoms. The molecule has 2 aromatic rings. The molecule has 1 aromatic heterocycles. The third kappa shape index (κ3) is 4.60. The van der Waals surface area contributed by atoms with E-state index in [0.29, 0.717) is 45.0 Å². The van der Waals surface area contributed by atoms with E-state index >= 15 is 0 Å². The van der Waals surface area contributed by atoms with Gasteiger partial charge in [0.2, 0.25) is 5.91 Å². The van der Waals surface area contributed by atoms with Crippen molar-refractivity contribution >= 4 is 5.91 Å². The zero-order valence-electron chi connectivity index (χ0n) is 17.9. The van der Waals surface area contributed by atoms with Gasteiger partial charge >= 0.3 is 0 Å². The van der Waals surface area contributed by atoms with Gasteiger partial charge in [0, 0.05) is 33.3 Å². The van der Waals surface area contributed by atoms with E-state index in [1.165, 1.54) is 6.07 Å². The maximum Gasteiger partial charge on any atom is 0.227 e. The molecule has 0 radical (unpaired) electrons.